The Labute approximate surface area is 223 Å². The minimum atomic E-state index is -0.501. The number of aromatic hydroxyl groups is 1. The van der Waals surface area contributed by atoms with E-state index in [2.05, 4.69) is 41.1 Å². The van der Waals surface area contributed by atoms with Crippen LogP contribution in [0.5, 0.6) is 5.75 Å². The second-order valence-corrected chi connectivity index (χ2v) is 10.1. The Morgan fingerprint density at radius 1 is 0.897 bits per heavy atom. The van der Waals surface area contributed by atoms with Gasteiger partial charge in [-0.3, -0.25) is 20.0 Å². The molecule has 1 saturated heterocycles. The minimum Gasteiger partial charge on any atom is -0.508 e. The summed E-state index contributed by atoms with van der Waals surface area (Å²) in [7, 11) is 0. The number of aromatic nitrogens is 6. The van der Waals surface area contributed by atoms with Gasteiger partial charge in [-0.2, -0.15) is 5.10 Å². The number of hydrogen-bond acceptors (Lipinski definition) is 6. The first-order valence-electron chi connectivity index (χ1n) is 13.1. The number of fused-ring (bicyclic) bond motifs is 2. The van der Waals surface area contributed by atoms with Crippen LogP contribution in [0.4, 0.5) is 4.39 Å². The third-order valence-electron chi connectivity index (χ3n) is 7.37. The third kappa shape index (κ3) is 4.51. The first-order chi connectivity index (χ1) is 19.1. The van der Waals surface area contributed by atoms with Crippen LogP contribution in [0, 0.1) is 5.82 Å². The van der Waals surface area contributed by atoms with Crippen LogP contribution in [0.2, 0.25) is 0 Å². The molecular formula is C30H26FN7O. The third-order valence-corrected chi connectivity index (χ3v) is 7.37. The number of phenols is 1. The van der Waals surface area contributed by atoms with E-state index in [4.69, 9.17) is 0 Å². The summed E-state index contributed by atoms with van der Waals surface area (Å²) in [5, 5.41) is 19.3. The second-order valence-electron chi connectivity index (χ2n) is 10.1. The smallest absolute Gasteiger partial charge is 0.138 e. The SMILES string of the molecule is Oc1cc(F)cc(-c2ccnc3[nH]c(-c4n[nH]c5cnc(-c6cncc(CN7CCCCC7)c6)cc45)cc23)c1. The molecule has 0 spiro atoms. The summed E-state index contributed by atoms with van der Waals surface area (Å²) in [6.45, 7) is 3.16. The van der Waals surface area contributed by atoms with Gasteiger partial charge in [-0.25, -0.2) is 9.37 Å². The van der Waals surface area contributed by atoms with Crippen molar-refractivity contribution in [2.24, 2.45) is 0 Å². The van der Waals surface area contributed by atoms with Crippen molar-refractivity contribution in [3.05, 3.63) is 78.6 Å². The molecule has 0 radical (unpaired) electrons. The van der Waals surface area contributed by atoms with Crippen molar-refractivity contribution in [1.82, 2.24) is 35.0 Å². The molecule has 6 aromatic rings. The zero-order valence-electron chi connectivity index (χ0n) is 21.2. The fourth-order valence-corrected chi connectivity index (χ4v) is 5.51. The van der Waals surface area contributed by atoms with E-state index in [0.717, 1.165) is 70.2 Å². The summed E-state index contributed by atoms with van der Waals surface area (Å²) < 4.78 is 14.0. The summed E-state index contributed by atoms with van der Waals surface area (Å²) in [6.07, 6.45) is 11.1. The second kappa shape index (κ2) is 9.59. The van der Waals surface area contributed by atoms with Gasteiger partial charge in [-0.1, -0.05) is 6.42 Å². The molecule has 1 aromatic carbocycles. The van der Waals surface area contributed by atoms with Gasteiger partial charge >= 0.3 is 0 Å². The predicted molar refractivity (Wildman–Crippen MR) is 148 cm³/mol. The van der Waals surface area contributed by atoms with Gasteiger partial charge in [0.2, 0.25) is 0 Å². The quantitative estimate of drug-likeness (QED) is 0.256. The molecule has 0 atom stereocenters. The van der Waals surface area contributed by atoms with Gasteiger partial charge in [0, 0.05) is 47.5 Å². The molecule has 3 N–H and O–H groups in total. The van der Waals surface area contributed by atoms with Crippen LogP contribution in [0.25, 0.3) is 55.7 Å². The molecule has 7 rings (SSSR count). The van der Waals surface area contributed by atoms with Gasteiger partial charge in [0.25, 0.3) is 0 Å². The lowest BCUT2D eigenvalue weighted by atomic mass is 10.0. The summed E-state index contributed by atoms with van der Waals surface area (Å²) in [6, 6.07) is 12.0. The number of nitrogens with one attached hydrogen (secondary N) is 2. The minimum absolute atomic E-state index is 0.126. The molecule has 39 heavy (non-hydrogen) atoms. The summed E-state index contributed by atoms with van der Waals surface area (Å²) in [5.74, 6) is -0.628. The van der Waals surface area contributed by atoms with E-state index in [-0.39, 0.29) is 5.75 Å². The number of nitrogens with zero attached hydrogens (tertiary/aromatic N) is 5. The number of H-pyrrole nitrogens is 2. The van der Waals surface area contributed by atoms with Crippen molar-refractivity contribution in [3.8, 4) is 39.5 Å². The normalized spacial score (nSPS) is 14.4. The van der Waals surface area contributed by atoms with Crippen molar-refractivity contribution in [1.29, 1.82) is 0 Å². The van der Waals surface area contributed by atoms with E-state index in [0.29, 0.717) is 11.2 Å². The summed E-state index contributed by atoms with van der Waals surface area (Å²) >= 11 is 0. The molecule has 5 aromatic heterocycles. The molecule has 0 unspecified atom stereocenters. The first-order valence-corrected chi connectivity index (χ1v) is 13.1. The number of pyridine rings is 3. The van der Waals surface area contributed by atoms with E-state index in [9.17, 15) is 9.50 Å². The van der Waals surface area contributed by atoms with E-state index in [1.807, 2.05) is 30.6 Å². The van der Waals surface area contributed by atoms with Gasteiger partial charge in [-0.05, 0) is 79.0 Å². The molecule has 1 aliphatic heterocycles. The summed E-state index contributed by atoms with van der Waals surface area (Å²) in [4.78, 5) is 19.5. The van der Waals surface area contributed by atoms with E-state index >= 15 is 0 Å². The zero-order valence-corrected chi connectivity index (χ0v) is 21.2. The van der Waals surface area contributed by atoms with E-state index < -0.39 is 5.82 Å². The van der Waals surface area contributed by atoms with E-state index in [1.165, 1.54) is 30.9 Å². The molecule has 0 saturated carbocycles. The van der Waals surface area contributed by atoms with Crippen molar-refractivity contribution in [3.63, 3.8) is 0 Å². The van der Waals surface area contributed by atoms with Crippen molar-refractivity contribution < 1.29 is 9.50 Å². The maximum atomic E-state index is 14.0. The molecule has 9 heteroatoms. The largest absolute Gasteiger partial charge is 0.508 e. The van der Waals surface area contributed by atoms with Crippen molar-refractivity contribution >= 4 is 21.9 Å². The van der Waals surface area contributed by atoms with Crippen LogP contribution >= 0.6 is 0 Å². The zero-order chi connectivity index (χ0) is 26.3. The maximum Gasteiger partial charge on any atom is 0.138 e. The molecule has 194 valence electrons. The summed E-state index contributed by atoms with van der Waals surface area (Å²) in [5.41, 5.74) is 7.26. The molecule has 1 fully saturated rings. The maximum absolute atomic E-state index is 14.0. The highest BCUT2D eigenvalue weighted by Crippen LogP contribution is 2.35. The number of piperidine rings is 1. The number of likely N-dealkylation sites (tertiary alicyclic amines) is 1. The Bertz CT molecular complexity index is 1800. The lowest BCUT2D eigenvalue weighted by molar-refractivity contribution is 0.220. The fraction of sp³-hybridized carbons (Fsp3) is 0.200. The van der Waals surface area contributed by atoms with Crippen LogP contribution in [-0.2, 0) is 6.54 Å². The average Bonchev–Trinajstić information content (AvgIpc) is 3.57. The van der Waals surface area contributed by atoms with Crippen LogP contribution in [-0.4, -0.2) is 53.2 Å². The molecule has 0 bridgehead atoms. The molecule has 8 nitrogen and oxygen atoms in total. The Morgan fingerprint density at radius 2 is 1.79 bits per heavy atom. The van der Waals surface area contributed by atoms with Gasteiger partial charge in [0.1, 0.15) is 22.9 Å². The molecule has 0 amide bonds. The first kappa shape index (κ1) is 23.5. The Balaban J connectivity index is 1.26. The highest BCUT2D eigenvalue weighted by molar-refractivity contribution is 6.00. The standard InChI is InChI=1S/C30H26FN7O/c31-21-9-19(10-22(39)11-21)23-4-5-33-30-24(23)12-27(35-30)29-25-13-26(34-16-28(25)36-37-29)20-8-18(14-32-15-20)17-38-6-2-1-3-7-38/h4-5,8-16,39H,1-3,6-7,17H2,(H,33,35)(H,36,37). The molecule has 0 aliphatic carbocycles. The van der Waals surface area contributed by atoms with Gasteiger partial charge in [0.05, 0.1) is 23.1 Å². The molecular weight excluding hydrogens is 493 g/mol. The average molecular weight is 520 g/mol. The number of benzene rings is 1. The Hall–Kier alpha value is -4.63. The van der Waals surface area contributed by atoms with Crippen LogP contribution in [0.15, 0.2) is 67.3 Å². The van der Waals surface area contributed by atoms with Crippen LogP contribution < -0.4 is 0 Å². The highest BCUT2D eigenvalue weighted by Gasteiger charge is 2.17. The monoisotopic (exact) mass is 519 g/mol. The van der Waals surface area contributed by atoms with Crippen molar-refractivity contribution in [2.75, 3.05) is 13.1 Å². The fourth-order valence-electron chi connectivity index (χ4n) is 5.51. The molecule has 6 heterocycles. The predicted octanol–water partition coefficient (Wildman–Crippen LogP) is 6.06. The number of hydrogen-bond donors (Lipinski definition) is 3. The van der Waals surface area contributed by atoms with Gasteiger partial charge in [0.15, 0.2) is 0 Å². The van der Waals surface area contributed by atoms with Gasteiger partial charge < -0.3 is 10.1 Å². The lowest BCUT2D eigenvalue weighted by Gasteiger charge is -2.26. The van der Waals surface area contributed by atoms with Crippen molar-refractivity contribution in [2.45, 2.75) is 25.8 Å². The van der Waals surface area contributed by atoms with Gasteiger partial charge in [-0.15, -0.1) is 0 Å². The number of rotatable bonds is 5. The van der Waals surface area contributed by atoms with E-state index in [1.54, 1.807) is 18.5 Å². The number of phenolic OH excluding ortho intramolecular Hbond substituents is 1. The highest BCUT2D eigenvalue weighted by atomic mass is 19.1. The van der Waals surface area contributed by atoms with Crippen LogP contribution in [0.3, 0.4) is 0 Å². The Kier molecular flexibility index (Phi) is 5.78. The van der Waals surface area contributed by atoms with Crippen LogP contribution in [0.1, 0.15) is 24.8 Å². The number of halogens is 1. The Morgan fingerprint density at radius 3 is 2.67 bits per heavy atom. The topological polar surface area (TPSA) is 107 Å². The molecule has 1 aliphatic rings. The lowest BCUT2D eigenvalue weighted by Crippen LogP contribution is -2.29. The number of aromatic amines is 2.